The van der Waals surface area contributed by atoms with E-state index in [0.717, 1.165) is 25.9 Å². The molecule has 0 unspecified atom stereocenters. The fourth-order valence-corrected chi connectivity index (χ4v) is 1.20. The SMILES string of the molecule is CC(C)(S)OCCCCC(C)(C)OS. The molecule has 0 atom stereocenters. The van der Waals surface area contributed by atoms with Crippen molar-refractivity contribution in [2.24, 2.45) is 0 Å². The summed E-state index contributed by atoms with van der Waals surface area (Å²) in [6.07, 6.45) is 3.11. The van der Waals surface area contributed by atoms with Crippen molar-refractivity contribution in [1.29, 1.82) is 0 Å². The Bertz CT molecular complexity index is 153. The molecule has 0 aliphatic heterocycles. The van der Waals surface area contributed by atoms with E-state index in [1.54, 1.807) is 0 Å². The molecule has 0 bridgehead atoms. The van der Waals surface area contributed by atoms with Crippen LogP contribution in [0.4, 0.5) is 0 Å². The average Bonchev–Trinajstić information content (AvgIpc) is 2.01. The first-order chi connectivity index (χ1) is 6.27. The molecule has 0 aliphatic rings. The van der Waals surface area contributed by atoms with Gasteiger partial charge in [-0.3, -0.25) is 0 Å². The van der Waals surface area contributed by atoms with Crippen LogP contribution in [0, 0.1) is 0 Å². The quantitative estimate of drug-likeness (QED) is 0.306. The maximum Gasteiger partial charge on any atom is 0.105 e. The normalized spacial score (nSPS) is 13.3. The zero-order valence-corrected chi connectivity index (χ0v) is 11.3. The molecule has 0 spiro atoms. The highest BCUT2D eigenvalue weighted by Gasteiger charge is 2.16. The van der Waals surface area contributed by atoms with Crippen molar-refractivity contribution in [3.8, 4) is 0 Å². The number of rotatable bonds is 7. The molecule has 0 N–H and O–H groups in total. The summed E-state index contributed by atoms with van der Waals surface area (Å²) >= 11 is 8.10. The average molecular weight is 238 g/mol. The molecule has 0 heterocycles. The van der Waals surface area contributed by atoms with Crippen LogP contribution in [-0.4, -0.2) is 17.1 Å². The second kappa shape index (κ2) is 6.26. The maximum atomic E-state index is 5.48. The first-order valence-electron chi connectivity index (χ1n) is 4.96. The van der Waals surface area contributed by atoms with Gasteiger partial charge in [0.05, 0.1) is 5.60 Å². The van der Waals surface area contributed by atoms with Gasteiger partial charge in [0, 0.05) is 6.61 Å². The predicted molar refractivity (Wildman–Crippen MR) is 67.0 cm³/mol. The molecule has 0 saturated carbocycles. The Morgan fingerprint density at radius 2 is 1.64 bits per heavy atom. The molecule has 4 heteroatoms. The standard InChI is InChI=1S/C10H22O2S2/c1-9(2,12-14)7-5-6-8-11-10(3,4)13/h13-14H,5-8H2,1-4H3. The van der Waals surface area contributed by atoms with Crippen LogP contribution >= 0.6 is 25.5 Å². The van der Waals surface area contributed by atoms with E-state index in [-0.39, 0.29) is 10.5 Å². The Labute approximate surface area is 98.8 Å². The van der Waals surface area contributed by atoms with Crippen LogP contribution in [0.3, 0.4) is 0 Å². The summed E-state index contributed by atoms with van der Waals surface area (Å²) in [4.78, 5) is -0.324. The van der Waals surface area contributed by atoms with Crippen LogP contribution in [0.2, 0.25) is 0 Å². The lowest BCUT2D eigenvalue weighted by atomic mass is 10.0. The lowest BCUT2D eigenvalue weighted by Crippen LogP contribution is -2.20. The van der Waals surface area contributed by atoms with E-state index < -0.39 is 0 Å². The Morgan fingerprint density at radius 3 is 2.07 bits per heavy atom. The van der Waals surface area contributed by atoms with Crippen LogP contribution in [0.15, 0.2) is 0 Å². The number of ether oxygens (including phenoxy) is 1. The van der Waals surface area contributed by atoms with Gasteiger partial charge in [0.1, 0.15) is 4.93 Å². The molecule has 0 aliphatic carbocycles. The van der Waals surface area contributed by atoms with Gasteiger partial charge in [-0.2, -0.15) is 0 Å². The van der Waals surface area contributed by atoms with E-state index in [9.17, 15) is 0 Å². The van der Waals surface area contributed by atoms with Crippen molar-refractivity contribution < 1.29 is 8.92 Å². The third-order valence-corrected chi connectivity index (χ3v) is 2.50. The molecule has 0 aromatic rings. The van der Waals surface area contributed by atoms with Crippen LogP contribution in [-0.2, 0) is 8.92 Å². The van der Waals surface area contributed by atoms with Gasteiger partial charge in [-0.05, 0) is 59.9 Å². The van der Waals surface area contributed by atoms with Crippen molar-refractivity contribution in [2.45, 2.75) is 57.5 Å². The molecule has 2 nitrogen and oxygen atoms in total. The van der Waals surface area contributed by atoms with Gasteiger partial charge in [0.25, 0.3) is 0 Å². The minimum absolute atomic E-state index is 0.139. The zero-order valence-electron chi connectivity index (χ0n) is 9.54. The first-order valence-corrected chi connectivity index (χ1v) is 5.77. The molecule has 14 heavy (non-hydrogen) atoms. The lowest BCUT2D eigenvalue weighted by molar-refractivity contribution is 0.0476. The summed E-state index contributed by atoms with van der Waals surface area (Å²) < 4.78 is 10.5. The van der Waals surface area contributed by atoms with E-state index in [2.05, 4.69) is 25.5 Å². The van der Waals surface area contributed by atoms with E-state index in [1.165, 1.54) is 0 Å². The van der Waals surface area contributed by atoms with E-state index in [0.29, 0.717) is 0 Å². The van der Waals surface area contributed by atoms with Gasteiger partial charge < -0.3 is 8.92 Å². The van der Waals surface area contributed by atoms with Crippen molar-refractivity contribution >= 4 is 25.5 Å². The van der Waals surface area contributed by atoms with Gasteiger partial charge >= 0.3 is 0 Å². The molecule has 0 fully saturated rings. The second-order valence-electron chi connectivity index (χ2n) is 4.60. The summed E-state index contributed by atoms with van der Waals surface area (Å²) in [6.45, 7) is 8.69. The highest BCUT2D eigenvalue weighted by Crippen LogP contribution is 2.20. The maximum absolute atomic E-state index is 5.48. The minimum Gasteiger partial charge on any atom is -0.365 e. The van der Waals surface area contributed by atoms with Crippen LogP contribution < -0.4 is 0 Å². The summed E-state index contributed by atoms with van der Waals surface area (Å²) in [6, 6.07) is 0. The second-order valence-corrected chi connectivity index (χ2v) is 5.86. The minimum atomic E-state index is -0.324. The molecular formula is C10H22O2S2. The number of hydrogen-bond donors (Lipinski definition) is 2. The van der Waals surface area contributed by atoms with Crippen LogP contribution in [0.1, 0.15) is 47.0 Å². The Kier molecular flexibility index (Phi) is 6.53. The fraction of sp³-hybridized carbons (Fsp3) is 1.00. The summed E-state index contributed by atoms with van der Waals surface area (Å²) in [5.41, 5.74) is -0.139. The van der Waals surface area contributed by atoms with E-state index in [4.69, 9.17) is 8.92 Å². The molecule has 0 radical (unpaired) electrons. The molecule has 0 saturated heterocycles. The molecule has 0 amide bonds. The zero-order chi connectivity index (χ0) is 11.2. The highest BCUT2D eigenvalue weighted by atomic mass is 32.1. The fourth-order valence-electron chi connectivity index (χ4n) is 1.02. The van der Waals surface area contributed by atoms with Crippen molar-refractivity contribution in [1.82, 2.24) is 0 Å². The largest absolute Gasteiger partial charge is 0.365 e. The topological polar surface area (TPSA) is 18.5 Å². The molecular weight excluding hydrogens is 216 g/mol. The van der Waals surface area contributed by atoms with Gasteiger partial charge in [-0.25, -0.2) is 0 Å². The third-order valence-electron chi connectivity index (χ3n) is 1.88. The van der Waals surface area contributed by atoms with Gasteiger partial charge in [0.15, 0.2) is 0 Å². The van der Waals surface area contributed by atoms with E-state index >= 15 is 0 Å². The molecule has 0 rings (SSSR count). The predicted octanol–water partition coefficient (Wildman–Crippen LogP) is 3.48. The van der Waals surface area contributed by atoms with Gasteiger partial charge in [0.2, 0.25) is 0 Å². The Balaban J connectivity index is 3.39. The summed E-state index contributed by atoms with van der Waals surface area (Å²) in [5.74, 6) is 0. The van der Waals surface area contributed by atoms with Gasteiger partial charge in [-0.1, -0.05) is 0 Å². The van der Waals surface area contributed by atoms with Crippen molar-refractivity contribution in [3.63, 3.8) is 0 Å². The van der Waals surface area contributed by atoms with Crippen LogP contribution in [0.25, 0.3) is 0 Å². The summed E-state index contributed by atoms with van der Waals surface area (Å²) in [7, 11) is 0. The van der Waals surface area contributed by atoms with Crippen molar-refractivity contribution in [3.05, 3.63) is 0 Å². The van der Waals surface area contributed by atoms with E-state index in [1.807, 2.05) is 27.7 Å². The lowest BCUT2D eigenvalue weighted by Gasteiger charge is -2.22. The molecule has 0 aromatic carbocycles. The van der Waals surface area contributed by atoms with Crippen LogP contribution in [0.5, 0.6) is 0 Å². The molecule has 0 aromatic heterocycles. The van der Waals surface area contributed by atoms with Crippen molar-refractivity contribution in [2.75, 3.05) is 6.61 Å². The molecule has 86 valence electrons. The smallest absolute Gasteiger partial charge is 0.105 e. The van der Waals surface area contributed by atoms with Gasteiger partial charge in [-0.15, -0.1) is 12.6 Å². The third kappa shape index (κ3) is 9.19. The highest BCUT2D eigenvalue weighted by molar-refractivity contribution is 7.81. The number of hydrogen-bond acceptors (Lipinski definition) is 4. The monoisotopic (exact) mass is 238 g/mol. The summed E-state index contributed by atoms with van der Waals surface area (Å²) in [5, 5.41) is 0. The first kappa shape index (κ1) is 14.6. The number of unbranched alkanes of at least 4 members (excludes halogenated alkanes) is 1. The number of thiol groups is 2. The Morgan fingerprint density at radius 1 is 1.07 bits per heavy atom. The Hall–Kier alpha value is 0.620.